The van der Waals surface area contributed by atoms with E-state index in [4.69, 9.17) is 9.05 Å². The van der Waals surface area contributed by atoms with Crippen LogP contribution >= 0.6 is 7.60 Å². The molecule has 8 heteroatoms. The molecule has 1 atom stereocenters. The minimum Gasteiger partial charge on any atom is -0.306 e. The van der Waals surface area contributed by atoms with Crippen LogP contribution in [0.3, 0.4) is 0 Å². The number of unbranched alkanes of at least 4 members (excludes halogenated alkanes) is 2. The van der Waals surface area contributed by atoms with Crippen LogP contribution in [0.15, 0.2) is 53.7 Å². The second kappa shape index (κ2) is 12.6. The van der Waals surface area contributed by atoms with Crippen LogP contribution in [0, 0.1) is 6.92 Å². The van der Waals surface area contributed by atoms with E-state index in [1.807, 2.05) is 6.92 Å². The number of sulfonamides is 1. The fourth-order valence-electron chi connectivity index (χ4n) is 3.04. The molecule has 0 bridgehead atoms. The summed E-state index contributed by atoms with van der Waals surface area (Å²) >= 11 is 0. The fourth-order valence-corrected chi connectivity index (χ4v) is 6.20. The van der Waals surface area contributed by atoms with Gasteiger partial charge >= 0.3 is 7.60 Å². The molecular weight excluding hydrogens is 421 g/mol. The molecule has 0 radical (unpaired) electrons. The molecule has 0 aromatic heterocycles. The Bertz CT molecular complexity index is 826. The van der Waals surface area contributed by atoms with Crippen molar-refractivity contribution in [3.05, 3.63) is 54.4 Å². The lowest BCUT2D eigenvalue weighted by molar-refractivity contribution is 0.224. The highest BCUT2D eigenvalue weighted by Crippen LogP contribution is 2.55. The number of hydrogen-bond donors (Lipinski definition) is 0. The molecule has 1 aromatic carbocycles. The first-order valence-corrected chi connectivity index (χ1v) is 13.4. The molecule has 6 nitrogen and oxygen atoms in total. The maximum atomic E-state index is 13.5. The Balaban J connectivity index is 3.35. The van der Waals surface area contributed by atoms with Crippen molar-refractivity contribution >= 4 is 17.6 Å². The maximum Gasteiger partial charge on any atom is 0.358 e. The Morgan fingerprint density at radius 2 is 1.70 bits per heavy atom. The van der Waals surface area contributed by atoms with Gasteiger partial charge in [0.1, 0.15) is 0 Å². The molecule has 1 rings (SSSR count). The van der Waals surface area contributed by atoms with Gasteiger partial charge < -0.3 is 9.05 Å². The van der Waals surface area contributed by atoms with Crippen LogP contribution in [0.25, 0.3) is 0 Å². The number of hydrogen-bond acceptors (Lipinski definition) is 5. The van der Waals surface area contributed by atoms with Gasteiger partial charge in [-0.3, -0.25) is 4.57 Å². The van der Waals surface area contributed by atoms with Gasteiger partial charge in [0.25, 0.3) is 0 Å². The topological polar surface area (TPSA) is 72.9 Å². The number of benzene rings is 1. The summed E-state index contributed by atoms with van der Waals surface area (Å²) in [6.07, 6.45) is 5.10. The van der Waals surface area contributed by atoms with E-state index < -0.39 is 23.7 Å². The van der Waals surface area contributed by atoms with E-state index in [9.17, 15) is 13.0 Å². The quantitative estimate of drug-likeness (QED) is 0.186. The molecule has 1 aromatic rings. The van der Waals surface area contributed by atoms with Crippen LogP contribution < -0.4 is 0 Å². The standard InChI is InChI=1S/C22H36NO5PS/c1-7-11-12-13-21(8-2)23(18-20(6)29(24,27-9-3)28-10-4)30(25,26)22-16-14-19(5)15-17-22/h8,14-17,21H,2,6-7,9-13,18H2,1,3-5H3/t21-/m1/s1. The molecule has 170 valence electrons. The lowest BCUT2D eigenvalue weighted by atomic mass is 10.1. The largest absolute Gasteiger partial charge is 0.358 e. The summed E-state index contributed by atoms with van der Waals surface area (Å²) in [5.74, 6) is 0. The van der Waals surface area contributed by atoms with E-state index in [1.54, 1.807) is 44.2 Å². The van der Waals surface area contributed by atoms with E-state index in [0.717, 1.165) is 24.8 Å². The van der Waals surface area contributed by atoms with Gasteiger partial charge in [-0.15, -0.1) is 6.58 Å². The first-order valence-electron chi connectivity index (χ1n) is 10.4. The van der Waals surface area contributed by atoms with Crippen molar-refractivity contribution in [2.45, 2.75) is 64.3 Å². The zero-order valence-electron chi connectivity index (χ0n) is 18.7. The van der Waals surface area contributed by atoms with E-state index in [-0.39, 0.29) is 30.0 Å². The summed E-state index contributed by atoms with van der Waals surface area (Å²) in [7, 11) is -7.53. The van der Waals surface area contributed by atoms with Crippen LogP contribution in [0.2, 0.25) is 0 Å². The first-order chi connectivity index (χ1) is 14.2. The molecular formula is C22H36NO5PS. The van der Waals surface area contributed by atoms with Gasteiger partial charge in [-0.05, 0) is 39.3 Å². The van der Waals surface area contributed by atoms with Gasteiger partial charge in [0.2, 0.25) is 10.0 Å². The molecule has 0 spiro atoms. The molecule has 0 saturated heterocycles. The number of nitrogens with zero attached hydrogens (tertiary/aromatic N) is 1. The third kappa shape index (κ3) is 7.17. The highest BCUT2D eigenvalue weighted by molar-refractivity contribution is 7.89. The molecule has 0 aliphatic carbocycles. The second-order valence-corrected chi connectivity index (χ2v) is 11.1. The fraction of sp³-hybridized carbons (Fsp3) is 0.545. The summed E-state index contributed by atoms with van der Waals surface area (Å²) in [6.45, 7) is 15.3. The summed E-state index contributed by atoms with van der Waals surface area (Å²) in [4.78, 5) is 0.172. The summed E-state index contributed by atoms with van der Waals surface area (Å²) in [5.41, 5.74) is 0.963. The average Bonchev–Trinajstić information content (AvgIpc) is 2.70. The normalized spacial score (nSPS) is 13.4. The van der Waals surface area contributed by atoms with Crippen molar-refractivity contribution in [3.8, 4) is 0 Å². The Hall–Kier alpha value is -1.24. The molecule has 0 fully saturated rings. The smallest absolute Gasteiger partial charge is 0.306 e. The van der Waals surface area contributed by atoms with Gasteiger partial charge in [0, 0.05) is 17.9 Å². The Morgan fingerprint density at radius 1 is 1.13 bits per heavy atom. The minimum absolute atomic E-state index is 0.115. The van der Waals surface area contributed by atoms with Gasteiger partial charge in [-0.2, -0.15) is 4.31 Å². The van der Waals surface area contributed by atoms with Crippen molar-refractivity contribution in [1.82, 2.24) is 4.31 Å². The molecule has 0 saturated carbocycles. The van der Waals surface area contributed by atoms with Gasteiger partial charge in [0.05, 0.1) is 18.1 Å². The van der Waals surface area contributed by atoms with Crippen molar-refractivity contribution in [2.24, 2.45) is 0 Å². The number of aryl methyl sites for hydroxylation is 1. The maximum absolute atomic E-state index is 13.5. The van der Waals surface area contributed by atoms with Gasteiger partial charge in [-0.25, -0.2) is 8.42 Å². The predicted molar refractivity (Wildman–Crippen MR) is 123 cm³/mol. The average molecular weight is 458 g/mol. The monoisotopic (exact) mass is 457 g/mol. The van der Waals surface area contributed by atoms with Crippen LogP contribution in [-0.2, 0) is 23.6 Å². The van der Waals surface area contributed by atoms with Crippen molar-refractivity contribution < 1.29 is 22.0 Å². The lowest BCUT2D eigenvalue weighted by Crippen LogP contribution is -2.40. The molecule has 0 amide bonds. The molecule has 0 heterocycles. The molecule has 0 unspecified atom stereocenters. The van der Waals surface area contributed by atoms with E-state index in [1.165, 1.54) is 4.31 Å². The zero-order chi connectivity index (χ0) is 22.8. The van der Waals surface area contributed by atoms with Crippen LogP contribution in [0.5, 0.6) is 0 Å². The SMILES string of the molecule is C=C[C@H](CCCCC)N(CC(=C)P(=O)(OCC)OCC)S(=O)(=O)c1ccc(C)cc1. The molecule has 0 aliphatic rings. The van der Waals surface area contributed by atoms with Crippen LogP contribution in [-0.4, -0.2) is 38.5 Å². The Kier molecular flexibility index (Phi) is 11.2. The second-order valence-electron chi connectivity index (χ2n) is 7.06. The predicted octanol–water partition coefficient (Wildman–Crippen LogP) is 5.90. The van der Waals surface area contributed by atoms with Crippen molar-refractivity contribution in [3.63, 3.8) is 0 Å². The van der Waals surface area contributed by atoms with Crippen LogP contribution in [0.1, 0.15) is 52.0 Å². The van der Waals surface area contributed by atoms with Crippen molar-refractivity contribution in [2.75, 3.05) is 19.8 Å². The molecule has 0 N–H and O–H groups in total. The summed E-state index contributed by atoms with van der Waals surface area (Å²) < 4.78 is 52.2. The third-order valence-corrected chi connectivity index (χ3v) is 8.69. The lowest BCUT2D eigenvalue weighted by Gasteiger charge is -2.31. The first kappa shape index (κ1) is 26.8. The Labute approximate surface area is 182 Å². The van der Waals surface area contributed by atoms with Crippen molar-refractivity contribution in [1.29, 1.82) is 0 Å². The van der Waals surface area contributed by atoms with E-state index >= 15 is 0 Å². The molecule has 30 heavy (non-hydrogen) atoms. The molecule has 0 aliphatic heterocycles. The highest BCUT2D eigenvalue weighted by atomic mass is 32.2. The Morgan fingerprint density at radius 3 is 2.17 bits per heavy atom. The zero-order valence-corrected chi connectivity index (χ0v) is 20.4. The highest BCUT2D eigenvalue weighted by Gasteiger charge is 2.36. The summed E-state index contributed by atoms with van der Waals surface area (Å²) in [6, 6.07) is 6.21. The van der Waals surface area contributed by atoms with E-state index in [0.29, 0.717) is 6.42 Å². The summed E-state index contributed by atoms with van der Waals surface area (Å²) in [5, 5.41) is 0.115. The van der Waals surface area contributed by atoms with Gasteiger partial charge in [0.15, 0.2) is 0 Å². The van der Waals surface area contributed by atoms with Crippen LogP contribution in [0.4, 0.5) is 0 Å². The number of rotatable bonds is 15. The van der Waals surface area contributed by atoms with Gasteiger partial charge in [-0.1, -0.05) is 56.5 Å². The minimum atomic E-state index is -3.88. The third-order valence-electron chi connectivity index (χ3n) is 4.70. The van der Waals surface area contributed by atoms with E-state index in [2.05, 4.69) is 20.1 Å².